The lowest BCUT2D eigenvalue weighted by atomic mass is 9.89. The molecule has 0 bridgehead atoms. The number of nitrogens with two attached hydrogens (primary N) is 1. The smallest absolute Gasteiger partial charge is 0.251 e. The van der Waals surface area contributed by atoms with Crippen molar-refractivity contribution in [1.29, 1.82) is 0 Å². The summed E-state index contributed by atoms with van der Waals surface area (Å²) < 4.78 is 5.96. The van der Waals surface area contributed by atoms with Crippen LogP contribution in [0.2, 0.25) is 0 Å². The van der Waals surface area contributed by atoms with Gasteiger partial charge in [0, 0.05) is 30.3 Å². The summed E-state index contributed by atoms with van der Waals surface area (Å²) in [5.74, 6) is 0.228. The van der Waals surface area contributed by atoms with E-state index in [9.17, 15) is 4.79 Å². The second kappa shape index (κ2) is 8.71. The molecular formula is C19H23ClN2O2. The van der Waals surface area contributed by atoms with Gasteiger partial charge in [0.2, 0.25) is 0 Å². The molecule has 2 unspecified atom stereocenters. The zero-order chi connectivity index (χ0) is 16.1. The molecule has 128 valence electrons. The van der Waals surface area contributed by atoms with Crippen molar-refractivity contribution in [2.45, 2.75) is 18.9 Å². The first kappa shape index (κ1) is 18.3. The van der Waals surface area contributed by atoms with E-state index in [-0.39, 0.29) is 24.4 Å². The van der Waals surface area contributed by atoms with Crippen molar-refractivity contribution in [2.24, 2.45) is 5.92 Å². The molecule has 1 aliphatic heterocycles. The third-order valence-corrected chi connectivity index (χ3v) is 4.27. The molecule has 5 heteroatoms. The number of hydrogen-bond acceptors (Lipinski definition) is 3. The van der Waals surface area contributed by atoms with Gasteiger partial charge in [-0.15, -0.1) is 12.4 Å². The molecule has 2 atom stereocenters. The van der Waals surface area contributed by atoms with Crippen LogP contribution < -0.4 is 11.1 Å². The second-order valence-electron chi connectivity index (χ2n) is 5.94. The summed E-state index contributed by atoms with van der Waals surface area (Å²) in [6.07, 6.45) is 2.14. The van der Waals surface area contributed by atoms with Gasteiger partial charge >= 0.3 is 0 Å². The van der Waals surface area contributed by atoms with Gasteiger partial charge in [-0.25, -0.2) is 0 Å². The highest BCUT2D eigenvalue weighted by Crippen LogP contribution is 2.33. The normalized spacial score (nSPS) is 20.0. The monoisotopic (exact) mass is 346 g/mol. The highest BCUT2D eigenvalue weighted by Gasteiger charge is 2.27. The molecule has 0 radical (unpaired) electrons. The molecule has 1 heterocycles. The van der Waals surface area contributed by atoms with Crippen LogP contribution in [0.15, 0.2) is 54.6 Å². The molecule has 1 aliphatic rings. The minimum atomic E-state index is -0.0672. The maximum Gasteiger partial charge on any atom is 0.251 e. The first-order valence-electron chi connectivity index (χ1n) is 8.04. The van der Waals surface area contributed by atoms with Gasteiger partial charge in [-0.1, -0.05) is 30.3 Å². The molecule has 0 aliphatic carbocycles. The lowest BCUT2D eigenvalue weighted by molar-refractivity contribution is -0.0272. The molecule has 1 fully saturated rings. The molecule has 2 aromatic carbocycles. The van der Waals surface area contributed by atoms with Crippen molar-refractivity contribution in [3.05, 3.63) is 65.7 Å². The van der Waals surface area contributed by atoms with Crippen LogP contribution in [0, 0.1) is 5.92 Å². The Morgan fingerprint density at radius 1 is 1.12 bits per heavy atom. The lowest BCUT2D eigenvalue weighted by Crippen LogP contribution is -2.35. The zero-order valence-corrected chi connectivity index (χ0v) is 14.3. The van der Waals surface area contributed by atoms with E-state index in [0.717, 1.165) is 19.4 Å². The Kier molecular flexibility index (Phi) is 6.64. The van der Waals surface area contributed by atoms with E-state index >= 15 is 0 Å². The number of benzene rings is 2. The molecular weight excluding hydrogens is 324 g/mol. The number of rotatable bonds is 4. The Morgan fingerprint density at radius 2 is 1.83 bits per heavy atom. The standard InChI is InChI=1S/C19H22N2O2.ClH/c20-17-10-8-15(9-11-17)19(22)21-13-16-7-4-12-23-18(16)14-5-2-1-3-6-14;/h1-3,5-6,8-11,16,18H,4,7,12-13,20H2,(H,21,22);1H. The molecule has 4 nitrogen and oxygen atoms in total. The fourth-order valence-electron chi connectivity index (χ4n) is 3.02. The number of nitrogen functional groups attached to an aromatic ring is 1. The van der Waals surface area contributed by atoms with E-state index in [4.69, 9.17) is 10.5 Å². The number of nitrogens with one attached hydrogen (secondary N) is 1. The number of ether oxygens (including phenoxy) is 1. The van der Waals surface area contributed by atoms with E-state index in [0.29, 0.717) is 23.7 Å². The molecule has 1 amide bonds. The van der Waals surface area contributed by atoms with Crippen LogP contribution in [-0.4, -0.2) is 19.1 Å². The summed E-state index contributed by atoms with van der Waals surface area (Å²) in [4.78, 5) is 12.2. The SMILES string of the molecule is Cl.Nc1ccc(C(=O)NCC2CCCOC2c2ccccc2)cc1. The summed E-state index contributed by atoms with van der Waals surface area (Å²) in [7, 11) is 0. The van der Waals surface area contributed by atoms with E-state index in [1.807, 2.05) is 18.2 Å². The summed E-state index contributed by atoms with van der Waals surface area (Å²) in [5.41, 5.74) is 8.12. The van der Waals surface area contributed by atoms with Crippen LogP contribution >= 0.6 is 12.4 Å². The number of carbonyl (C=O) groups is 1. The van der Waals surface area contributed by atoms with Gasteiger partial charge in [0.15, 0.2) is 0 Å². The molecule has 0 aromatic heterocycles. The molecule has 24 heavy (non-hydrogen) atoms. The van der Waals surface area contributed by atoms with Gasteiger partial charge in [-0.2, -0.15) is 0 Å². The average molecular weight is 347 g/mol. The quantitative estimate of drug-likeness (QED) is 0.831. The Hall–Kier alpha value is -2.04. The molecule has 3 rings (SSSR count). The largest absolute Gasteiger partial charge is 0.399 e. The Morgan fingerprint density at radius 3 is 2.54 bits per heavy atom. The summed E-state index contributed by atoms with van der Waals surface area (Å²) in [5, 5.41) is 3.03. The van der Waals surface area contributed by atoms with Gasteiger partial charge in [-0.05, 0) is 42.7 Å². The minimum Gasteiger partial charge on any atom is -0.399 e. The highest BCUT2D eigenvalue weighted by atomic mass is 35.5. The Labute approximate surface area is 148 Å². The fourth-order valence-corrected chi connectivity index (χ4v) is 3.02. The third-order valence-electron chi connectivity index (χ3n) is 4.27. The number of carbonyl (C=O) groups excluding carboxylic acids is 1. The number of amides is 1. The van der Waals surface area contributed by atoms with E-state index in [1.165, 1.54) is 5.56 Å². The lowest BCUT2D eigenvalue weighted by Gasteiger charge is -2.32. The minimum absolute atomic E-state index is 0. The van der Waals surface area contributed by atoms with Gasteiger partial charge in [0.05, 0.1) is 6.10 Å². The van der Waals surface area contributed by atoms with E-state index in [1.54, 1.807) is 24.3 Å². The van der Waals surface area contributed by atoms with Crippen molar-refractivity contribution in [1.82, 2.24) is 5.32 Å². The molecule has 3 N–H and O–H groups in total. The molecule has 0 saturated carbocycles. The predicted molar refractivity (Wildman–Crippen MR) is 98.3 cm³/mol. The molecule has 1 saturated heterocycles. The highest BCUT2D eigenvalue weighted by molar-refractivity contribution is 5.94. The fraction of sp³-hybridized carbons (Fsp3) is 0.316. The van der Waals surface area contributed by atoms with Crippen molar-refractivity contribution in [3.8, 4) is 0 Å². The van der Waals surface area contributed by atoms with Gasteiger partial charge < -0.3 is 15.8 Å². The molecule has 0 spiro atoms. The van der Waals surface area contributed by atoms with Crippen molar-refractivity contribution in [3.63, 3.8) is 0 Å². The van der Waals surface area contributed by atoms with Gasteiger partial charge in [0.25, 0.3) is 5.91 Å². The second-order valence-corrected chi connectivity index (χ2v) is 5.94. The van der Waals surface area contributed by atoms with Crippen LogP contribution in [-0.2, 0) is 4.74 Å². The molecule has 2 aromatic rings. The van der Waals surface area contributed by atoms with Crippen molar-refractivity contribution >= 4 is 24.0 Å². The van der Waals surface area contributed by atoms with Crippen LogP contribution in [0.3, 0.4) is 0 Å². The van der Waals surface area contributed by atoms with Gasteiger partial charge in [-0.3, -0.25) is 4.79 Å². The average Bonchev–Trinajstić information content (AvgIpc) is 2.61. The third kappa shape index (κ3) is 4.49. The van der Waals surface area contributed by atoms with Crippen LogP contribution in [0.4, 0.5) is 5.69 Å². The summed E-state index contributed by atoms with van der Waals surface area (Å²) in [6.45, 7) is 1.39. The number of halogens is 1. The van der Waals surface area contributed by atoms with Gasteiger partial charge in [0.1, 0.15) is 0 Å². The van der Waals surface area contributed by atoms with Crippen LogP contribution in [0.25, 0.3) is 0 Å². The van der Waals surface area contributed by atoms with Crippen molar-refractivity contribution < 1.29 is 9.53 Å². The first-order valence-corrected chi connectivity index (χ1v) is 8.04. The Balaban J connectivity index is 0.00000208. The first-order chi connectivity index (χ1) is 11.2. The maximum absolute atomic E-state index is 12.2. The van der Waals surface area contributed by atoms with E-state index < -0.39 is 0 Å². The predicted octanol–water partition coefficient (Wildman–Crippen LogP) is 3.59. The zero-order valence-electron chi connectivity index (χ0n) is 13.5. The van der Waals surface area contributed by atoms with Crippen LogP contribution in [0.1, 0.15) is 34.9 Å². The topological polar surface area (TPSA) is 64.4 Å². The number of anilines is 1. The summed E-state index contributed by atoms with van der Waals surface area (Å²) >= 11 is 0. The van der Waals surface area contributed by atoms with E-state index in [2.05, 4.69) is 17.4 Å². The maximum atomic E-state index is 12.2. The number of hydrogen-bond donors (Lipinski definition) is 2. The summed E-state index contributed by atoms with van der Waals surface area (Å²) in [6, 6.07) is 17.2. The Bertz CT molecular complexity index is 646. The van der Waals surface area contributed by atoms with Crippen LogP contribution in [0.5, 0.6) is 0 Å². The van der Waals surface area contributed by atoms with Crippen molar-refractivity contribution in [2.75, 3.05) is 18.9 Å².